The van der Waals surface area contributed by atoms with Crippen molar-refractivity contribution in [3.63, 3.8) is 0 Å². The summed E-state index contributed by atoms with van der Waals surface area (Å²) in [5.74, 6) is 0. The first-order valence-corrected chi connectivity index (χ1v) is 4.42. The summed E-state index contributed by atoms with van der Waals surface area (Å²) in [4.78, 5) is 3.87. The molecule has 0 radical (unpaired) electrons. The quantitative estimate of drug-likeness (QED) is 0.357. The maximum atomic E-state index is 9.83. The molecule has 78 valence electrons. The van der Waals surface area contributed by atoms with E-state index in [4.69, 9.17) is 5.26 Å². The van der Waals surface area contributed by atoms with Gasteiger partial charge in [-0.3, -0.25) is 5.26 Å². The standard InChI is InChI=1S/C8H16O5/c9-6-1-2-8(11,3-4-13-12)5-7(6)10/h6-7,9-12H,1-5H2. The van der Waals surface area contributed by atoms with Gasteiger partial charge in [0.15, 0.2) is 0 Å². The summed E-state index contributed by atoms with van der Waals surface area (Å²) in [6, 6.07) is 0. The number of hydrogen-bond donors (Lipinski definition) is 4. The van der Waals surface area contributed by atoms with Gasteiger partial charge in [-0.1, -0.05) is 0 Å². The predicted octanol–water partition coefficient (Wildman–Crippen LogP) is -0.497. The van der Waals surface area contributed by atoms with Crippen LogP contribution in [-0.4, -0.2) is 45.0 Å². The molecule has 5 heteroatoms. The van der Waals surface area contributed by atoms with Crippen LogP contribution in [0.2, 0.25) is 0 Å². The second-order valence-electron chi connectivity index (χ2n) is 3.69. The van der Waals surface area contributed by atoms with Gasteiger partial charge in [0.1, 0.15) is 0 Å². The van der Waals surface area contributed by atoms with Crippen LogP contribution < -0.4 is 0 Å². The zero-order valence-electron chi connectivity index (χ0n) is 7.39. The Labute approximate surface area is 76.5 Å². The van der Waals surface area contributed by atoms with E-state index >= 15 is 0 Å². The first-order valence-electron chi connectivity index (χ1n) is 4.42. The smallest absolute Gasteiger partial charge is 0.0847 e. The normalized spacial score (nSPS) is 40.6. The second-order valence-corrected chi connectivity index (χ2v) is 3.69. The molecule has 5 nitrogen and oxygen atoms in total. The highest BCUT2D eigenvalue weighted by Crippen LogP contribution is 2.31. The Kier molecular flexibility index (Phi) is 3.63. The molecule has 0 amide bonds. The van der Waals surface area contributed by atoms with Crippen LogP contribution in [0.5, 0.6) is 0 Å². The van der Waals surface area contributed by atoms with Crippen molar-refractivity contribution in [2.24, 2.45) is 0 Å². The van der Waals surface area contributed by atoms with Crippen LogP contribution in [0.4, 0.5) is 0 Å². The van der Waals surface area contributed by atoms with Crippen LogP contribution in [0.3, 0.4) is 0 Å². The molecular weight excluding hydrogens is 176 g/mol. The van der Waals surface area contributed by atoms with Crippen molar-refractivity contribution in [1.29, 1.82) is 0 Å². The summed E-state index contributed by atoms with van der Waals surface area (Å²) in [6.45, 7) is 0.0410. The van der Waals surface area contributed by atoms with Gasteiger partial charge < -0.3 is 15.3 Å². The van der Waals surface area contributed by atoms with Gasteiger partial charge in [-0.25, -0.2) is 4.89 Å². The van der Waals surface area contributed by atoms with Crippen molar-refractivity contribution in [2.45, 2.75) is 43.5 Å². The zero-order valence-corrected chi connectivity index (χ0v) is 7.39. The molecule has 1 saturated carbocycles. The third kappa shape index (κ3) is 2.89. The van der Waals surface area contributed by atoms with E-state index in [1.807, 2.05) is 0 Å². The topological polar surface area (TPSA) is 90.2 Å². The summed E-state index contributed by atoms with van der Waals surface area (Å²) < 4.78 is 0. The van der Waals surface area contributed by atoms with Gasteiger partial charge in [0.2, 0.25) is 0 Å². The molecule has 3 atom stereocenters. The van der Waals surface area contributed by atoms with Crippen molar-refractivity contribution in [1.82, 2.24) is 0 Å². The summed E-state index contributed by atoms with van der Waals surface area (Å²) in [5, 5.41) is 36.4. The molecule has 0 aromatic heterocycles. The minimum atomic E-state index is -1.01. The van der Waals surface area contributed by atoms with E-state index in [-0.39, 0.29) is 19.4 Å². The lowest BCUT2D eigenvalue weighted by Gasteiger charge is -2.37. The van der Waals surface area contributed by atoms with Crippen molar-refractivity contribution in [2.75, 3.05) is 6.61 Å². The zero-order chi connectivity index (χ0) is 9.90. The fourth-order valence-electron chi connectivity index (χ4n) is 1.70. The summed E-state index contributed by atoms with van der Waals surface area (Å²) in [5.41, 5.74) is -1.01. The van der Waals surface area contributed by atoms with E-state index in [0.29, 0.717) is 12.8 Å². The Balaban J connectivity index is 2.41. The highest BCUT2D eigenvalue weighted by atomic mass is 17.1. The molecule has 0 saturated heterocycles. The van der Waals surface area contributed by atoms with Gasteiger partial charge in [0, 0.05) is 12.8 Å². The average Bonchev–Trinajstić information content (AvgIpc) is 2.09. The molecule has 4 N–H and O–H groups in total. The van der Waals surface area contributed by atoms with Gasteiger partial charge in [0.05, 0.1) is 24.4 Å². The fraction of sp³-hybridized carbons (Fsp3) is 1.00. The van der Waals surface area contributed by atoms with E-state index in [9.17, 15) is 15.3 Å². The van der Waals surface area contributed by atoms with E-state index in [1.54, 1.807) is 0 Å². The summed E-state index contributed by atoms with van der Waals surface area (Å²) in [7, 11) is 0. The Hall–Kier alpha value is -0.200. The third-order valence-electron chi connectivity index (χ3n) is 2.60. The lowest BCUT2D eigenvalue weighted by molar-refractivity contribution is -0.252. The van der Waals surface area contributed by atoms with Crippen LogP contribution in [-0.2, 0) is 4.89 Å². The molecule has 0 bridgehead atoms. The highest BCUT2D eigenvalue weighted by molar-refractivity contribution is 4.90. The van der Waals surface area contributed by atoms with Crippen LogP contribution in [0.15, 0.2) is 0 Å². The lowest BCUT2D eigenvalue weighted by Crippen LogP contribution is -2.45. The minimum absolute atomic E-state index is 0.0410. The van der Waals surface area contributed by atoms with E-state index in [1.165, 1.54) is 0 Å². The Morgan fingerprint density at radius 1 is 1.31 bits per heavy atom. The molecule has 0 aromatic carbocycles. The SMILES string of the molecule is OOCCC1(O)CCC(O)C(O)C1. The molecule has 0 aromatic rings. The van der Waals surface area contributed by atoms with Gasteiger partial charge in [-0.2, -0.15) is 0 Å². The number of hydrogen-bond acceptors (Lipinski definition) is 5. The Bertz CT molecular complexity index is 159. The van der Waals surface area contributed by atoms with Gasteiger partial charge in [0.25, 0.3) is 0 Å². The van der Waals surface area contributed by atoms with Gasteiger partial charge in [-0.15, -0.1) is 0 Å². The van der Waals surface area contributed by atoms with E-state index in [2.05, 4.69) is 4.89 Å². The Morgan fingerprint density at radius 2 is 2.00 bits per heavy atom. The largest absolute Gasteiger partial charge is 0.390 e. The predicted molar refractivity (Wildman–Crippen MR) is 44.0 cm³/mol. The van der Waals surface area contributed by atoms with E-state index in [0.717, 1.165) is 0 Å². The molecule has 0 spiro atoms. The fourth-order valence-corrected chi connectivity index (χ4v) is 1.70. The first-order chi connectivity index (χ1) is 6.07. The molecule has 1 rings (SSSR count). The van der Waals surface area contributed by atoms with Gasteiger partial charge in [-0.05, 0) is 12.8 Å². The highest BCUT2D eigenvalue weighted by Gasteiger charge is 2.37. The third-order valence-corrected chi connectivity index (χ3v) is 2.60. The van der Waals surface area contributed by atoms with Crippen LogP contribution >= 0.6 is 0 Å². The number of aliphatic hydroxyl groups is 3. The maximum Gasteiger partial charge on any atom is 0.0847 e. The summed E-state index contributed by atoms with van der Waals surface area (Å²) >= 11 is 0. The molecule has 0 aliphatic heterocycles. The monoisotopic (exact) mass is 192 g/mol. The molecule has 3 unspecified atom stereocenters. The Morgan fingerprint density at radius 3 is 2.54 bits per heavy atom. The van der Waals surface area contributed by atoms with E-state index < -0.39 is 17.8 Å². The maximum absolute atomic E-state index is 9.83. The van der Waals surface area contributed by atoms with Crippen LogP contribution in [0, 0.1) is 0 Å². The molecular formula is C8H16O5. The van der Waals surface area contributed by atoms with Crippen molar-refractivity contribution in [3.05, 3.63) is 0 Å². The van der Waals surface area contributed by atoms with Crippen molar-refractivity contribution < 1.29 is 25.5 Å². The summed E-state index contributed by atoms with van der Waals surface area (Å²) in [6.07, 6.45) is -0.407. The average molecular weight is 192 g/mol. The molecule has 0 heterocycles. The number of rotatable bonds is 3. The second kappa shape index (κ2) is 4.34. The van der Waals surface area contributed by atoms with Crippen LogP contribution in [0.25, 0.3) is 0 Å². The van der Waals surface area contributed by atoms with Crippen molar-refractivity contribution >= 4 is 0 Å². The number of aliphatic hydroxyl groups excluding tert-OH is 2. The molecule has 13 heavy (non-hydrogen) atoms. The van der Waals surface area contributed by atoms with Crippen molar-refractivity contribution in [3.8, 4) is 0 Å². The minimum Gasteiger partial charge on any atom is -0.390 e. The lowest BCUT2D eigenvalue weighted by atomic mass is 9.80. The van der Waals surface area contributed by atoms with Crippen LogP contribution in [0.1, 0.15) is 25.7 Å². The molecule has 1 aliphatic carbocycles. The first kappa shape index (κ1) is 10.9. The molecule has 1 aliphatic rings. The van der Waals surface area contributed by atoms with Gasteiger partial charge >= 0.3 is 0 Å². The molecule has 1 fully saturated rings.